The van der Waals surface area contributed by atoms with Gasteiger partial charge in [-0.3, -0.25) is 9.69 Å². The standard InChI is InChI=1S/C29H29FN2O.C4H4O4/c1-31-26-14-15-27(31)18-23(17-26)28(20-8-4-3-5-9-20)21-10-6-11-22(16-21)29(33)32(2)25-13-7-12-24(30)19-25;5-3(6)1-2-4(7)8/h3-13,16,19,26-27H,14-15,17-18H2,1-2H3;1-2H,(H,5,6)(H,7,8)/b;2-1+. The van der Waals surface area contributed by atoms with Crippen molar-refractivity contribution in [1.82, 2.24) is 4.90 Å². The summed E-state index contributed by atoms with van der Waals surface area (Å²) in [5.41, 5.74) is 6.14. The summed E-state index contributed by atoms with van der Waals surface area (Å²) in [4.78, 5) is 36.4. The number of benzene rings is 3. The summed E-state index contributed by atoms with van der Waals surface area (Å²) < 4.78 is 13.7. The number of carboxylic acid groups (broad SMARTS) is 2. The van der Waals surface area contributed by atoms with E-state index < -0.39 is 11.9 Å². The molecule has 0 saturated carbocycles. The number of carboxylic acids is 2. The molecule has 0 aromatic heterocycles. The van der Waals surface area contributed by atoms with E-state index in [0.717, 1.165) is 18.4 Å². The Balaban J connectivity index is 0.000000426. The average Bonchev–Trinajstić information content (AvgIpc) is 3.16. The summed E-state index contributed by atoms with van der Waals surface area (Å²) in [7, 11) is 3.94. The van der Waals surface area contributed by atoms with Crippen LogP contribution in [0.3, 0.4) is 0 Å². The molecular formula is C33H33FN2O5. The van der Waals surface area contributed by atoms with E-state index >= 15 is 0 Å². The molecule has 7 nitrogen and oxygen atoms in total. The number of amides is 1. The van der Waals surface area contributed by atoms with Gasteiger partial charge in [-0.25, -0.2) is 14.0 Å². The molecule has 212 valence electrons. The van der Waals surface area contributed by atoms with Crippen LogP contribution in [0.4, 0.5) is 10.1 Å². The molecule has 2 unspecified atom stereocenters. The maximum Gasteiger partial charge on any atom is 0.328 e. The Labute approximate surface area is 238 Å². The van der Waals surface area contributed by atoms with Crippen LogP contribution in [0.15, 0.2) is 96.6 Å². The van der Waals surface area contributed by atoms with E-state index in [0.29, 0.717) is 35.5 Å². The van der Waals surface area contributed by atoms with Crippen molar-refractivity contribution in [2.75, 3.05) is 19.0 Å². The molecule has 2 N–H and O–H groups in total. The van der Waals surface area contributed by atoms with Crippen LogP contribution < -0.4 is 4.90 Å². The number of carbonyl (C=O) groups is 3. The number of hydrogen-bond acceptors (Lipinski definition) is 4. The van der Waals surface area contributed by atoms with Gasteiger partial charge >= 0.3 is 11.9 Å². The Morgan fingerprint density at radius 3 is 1.95 bits per heavy atom. The van der Waals surface area contributed by atoms with Gasteiger partial charge < -0.3 is 15.1 Å². The number of anilines is 1. The molecule has 2 aliphatic heterocycles. The summed E-state index contributed by atoms with van der Waals surface area (Å²) in [6, 6.07) is 25.7. The zero-order valence-corrected chi connectivity index (χ0v) is 23.0. The van der Waals surface area contributed by atoms with E-state index in [1.165, 1.54) is 46.6 Å². The smallest absolute Gasteiger partial charge is 0.328 e. The fourth-order valence-electron chi connectivity index (χ4n) is 5.56. The first kappa shape index (κ1) is 29.4. The third kappa shape index (κ3) is 7.35. The fourth-order valence-corrected chi connectivity index (χ4v) is 5.56. The Kier molecular flexibility index (Phi) is 9.47. The second kappa shape index (κ2) is 13.2. The molecule has 2 heterocycles. The zero-order chi connectivity index (χ0) is 29.5. The number of carbonyl (C=O) groups excluding carboxylic acids is 1. The highest BCUT2D eigenvalue weighted by Crippen LogP contribution is 2.42. The Morgan fingerprint density at radius 1 is 0.805 bits per heavy atom. The molecule has 0 radical (unpaired) electrons. The average molecular weight is 557 g/mol. The molecule has 8 heteroatoms. The largest absolute Gasteiger partial charge is 0.478 e. The number of hydrogen-bond donors (Lipinski definition) is 2. The minimum atomic E-state index is -1.26. The minimum absolute atomic E-state index is 0.150. The molecule has 1 amide bonds. The van der Waals surface area contributed by atoms with Gasteiger partial charge in [0, 0.05) is 42.5 Å². The molecule has 2 bridgehead atoms. The van der Waals surface area contributed by atoms with Crippen LogP contribution >= 0.6 is 0 Å². The van der Waals surface area contributed by atoms with Crippen molar-refractivity contribution in [2.45, 2.75) is 37.8 Å². The highest BCUT2D eigenvalue weighted by Gasteiger charge is 2.37. The van der Waals surface area contributed by atoms with E-state index in [4.69, 9.17) is 10.2 Å². The van der Waals surface area contributed by atoms with Crippen LogP contribution in [0.25, 0.3) is 5.57 Å². The van der Waals surface area contributed by atoms with Crippen molar-refractivity contribution in [3.8, 4) is 0 Å². The maximum absolute atomic E-state index is 13.7. The third-order valence-electron chi connectivity index (χ3n) is 7.63. The second-order valence-electron chi connectivity index (χ2n) is 10.2. The van der Waals surface area contributed by atoms with Crippen LogP contribution in [-0.4, -0.2) is 59.1 Å². The Morgan fingerprint density at radius 2 is 1.37 bits per heavy atom. The normalized spacial score (nSPS) is 18.0. The number of piperidine rings is 1. The summed E-state index contributed by atoms with van der Waals surface area (Å²) >= 11 is 0. The van der Waals surface area contributed by atoms with Gasteiger partial charge in [-0.05, 0) is 79.8 Å². The van der Waals surface area contributed by atoms with Gasteiger partial charge in [0.1, 0.15) is 5.82 Å². The van der Waals surface area contributed by atoms with Crippen LogP contribution in [0, 0.1) is 5.82 Å². The van der Waals surface area contributed by atoms with Gasteiger partial charge in [-0.15, -0.1) is 0 Å². The van der Waals surface area contributed by atoms with E-state index in [-0.39, 0.29) is 11.7 Å². The Hall–Kier alpha value is -4.56. The van der Waals surface area contributed by atoms with E-state index in [2.05, 4.69) is 42.3 Å². The molecule has 2 aliphatic rings. The van der Waals surface area contributed by atoms with Crippen LogP contribution in [0.1, 0.15) is 47.2 Å². The van der Waals surface area contributed by atoms with Crippen LogP contribution in [-0.2, 0) is 9.59 Å². The molecule has 3 aromatic rings. The highest BCUT2D eigenvalue weighted by atomic mass is 19.1. The van der Waals surface area contributed by atoms with Gasteiger partial charge in [0.05, 0.1) is 0 Å². The second-order valence-corrected chi connectivity index (χ2v) is 10.2. The molecular weight excluding hydrogens is 523 g/mol. The zero-order valence-electron chi connectivity index (χ0n) is 23.0. The minimum Gasteiger partial charge on any atom is -0.478 e. The van der Waals surface area contributed by atoms with Crippen molar-refractivity contribution < 1.29 is 29.0 Å². The number of rotatable bonds is 6. The molecule has 3 aromatic carbocycles. The molecule has 2 atom stereocenters. The molecule has 41 heavy (non-hydrogen) atoms. The topological polar surface area (TPSA) is 98.2 Å². The lowest BCUT2D eigenvalue weighted by Crippen LogP contribution is -2.37. The summed E-state index contributed by atoms with van der Waals surface area (Å²) in [5, 5.41) is 15.6. The SMILES string of the molecule is CN(C(=O)c1cccc(C(=C2CC3CCC(C2)N3C)c2ccccc2)c1)c1cccc(F)c1.O=C(O)/C=C/C(=O)O. The van der Waals surface area contributed by atoms with Crippen molar-refractivity contribution >= 4 is 29.1 Å². The number of fused-ring (bicyclic) bond motifs is 2. The summed E-state index contributed by atoms with van der Waals surface area (Å²) in [5.74, 6) is -3.02. The van der Waals surface area contributed by atoms with Gasteiger partial charge in [0.25, 0.3) is 5.91 Å². The van der Waals surface area contributed by atoms with Gasteiger partial charge in [0.15, 0.2) is 0 Å². The molecule has 5 rings (SSSR count). The van der Waals surface area contributed by atoms with Gasteiger partial charge in [0.2, 0.25) is 0 Å². The van der Waals surface area contributed by atoms with Crippen molar-refractivity contribution in [3.05, 3.63) is 119 Å². The first-order chi connectivity index (χ1) is 19.6. The first-order valence-corrected chi connectivity index (χ1v) is 13.4. The van der Waals surface area contributed by atoms with Crippen molar-refractivity contribution in [3.63, 3.8) is 0 Å². The quantitative estimate of drug-likeness (QED) is 0.369. The van der Waals surface area contributed by atoms with Gasteiger partial charge in [-0.2, -0.15) is 0 Å². The molecule has 2 saturated heterocycles. The molecule has 2 fully saturated rings. The fraction of sp³-hybridized carbons (Fsp3) is 0.242. The number of nitrogens with zero attached hydrogens (tertiary/aromatic N) is 2. The lowest BCUT2D eigenvalue weighted by Gasteiger charge is -2.34. The number of halogens is 1. The van der Waals surface area contributed by atoms with Crippen LogP contribution in [0.5, 0.6) is 0 Å². The third-order valence-corrected chi connectivity index (χ3v) is 7.63. The van der Waals surface area contributed by atoms with E-state index in [1.807, 2.05) is 24.3 Å². The molecule has 0 spiro atoms. The lowest BCUT2D eigenvalue weighted by molar-refractivity contribution is -0.134. The van der Waals surface area contributed by atoms with E-state index in [1.54, 1.807) is 19.2 Å². The molecule has 0 aliphatic carbocycles. The van der Waals surface area contributed by atoms with Crippen molar-refractivity contribution in [1.29, 1.82) is 0 Å². The number of aliphatic carboxylic acids is 2. The van der Waals surface area contributed by atoms with E-state index in [9.17, 15) is 18.8 Å². The Bertz CT molecular complexity index is 1450. The monoisotopic (exact) mass is 556 g/mol. The lowest BCUT2D eigenvalue weighted by atomic mass is 9.85. The highest BCUT2D eigenvalue weighted by molar-refractivity contribution is 6.06. The first-order valence-electron chi connectivity index (χ1n) is 13.4. The van der Waals surface area contributed by atoms with Crippen LogP contribution in [0.2, 0.25) is 0 Å². The summed E-state index contributed by atoms with van der Waals surface area (Å²) in [6.07, 6.45) is 5.76. The van der Waals surface area contributed by atoms with Crippen molar-refractivity contribution in [2.24, 2.45) is 0 Å². The predicted octanol–water partition coefficient (Wildman–Crippen LogP) is 5.87. The summed E-state index contributed by atoms with van der Waals surface area (Å²) in [6.45, 7) is 0. The maximum atomic E-state index is 13.7. The predicted molar refractivity (Wildman–Crippen MR) is 156 cm³/mol. The van der Waals surface area contributed by atoms with Gasteiger partial charge in [-0.1, -0.05) is 54.1 Å².